The summed E-state index contributed by atoms with van der Waals surface area (Å²) in [6, 6.07) is 1.96. The Morgan fingerprint density at radius 2 is 2.00 bits per heavy atom. The fraction of sp³-hybridized carbons (Fsp3) is 0.500. The van der Waals surface area contributed by atoms with Gasteiger partial charge in [-0.15, -0.1) is 11.8 Å². The molecular formula is C16H20F2N2O5S. The SMILES string of the molecule is CC(C)CCSc1ccc(C(=O)NC(CC(F)F)C(=O)O)cc1[N+](=O)[O-]. The molecule has 0 radical (unpaired) electrons. The molecule has 0 fully saturated rings. The molecule has 0 saturated heterocycles. The zero-order valence-electron chi connectivity index (χ0n) is 14.3. The lowest BCUT2D eigenvalue weighted by Crippen LogP contribution is -2.42. The highest BCUT2D eigenvalue weighted by molar-refractivity contribution is 7.99. The number of hydrogen-bond donors (Lipinski definition) is 2. The Bertz CT molecular complexity index is 670. The highest BCUT2D eigenvalue weighted by Crippen LogP contribution is 2.31. The van der Waals surface area contributed by atoms with E-state index in [1.54, 1.807) is 0 Å². The summed E-state index contributed by atoms with van der Waals surface area (Å²) in [4.78, 5) is 34.0. The van der Waals surface area contributed by atoms with Gasteiger partial charge >= 0.3 is 5.97 Å². The number of carboxylic acids is 1. The summed E-state index contributed by atoms with van der Waals surface area (Å²) in [7, 11) is 0. The number of nitro benzene ring substituents is 1. The molecule has 1 unspecified atom stereocenters. The number of thioether (sulfide) groups is 1. The Hall–Kier alpha value is -2.23. The van der Waals surface area contributed by atoms with Crippen molar-refractivity contribution < 1.29 is 28.4 Å². The van der Waals surface area contributed by atoms with Crippen LogP contribution < -0.4 is 5.32 Å². The van der Waals surface area contributed by atoms with E-state index in [1.807, 2.05) is 19.2 Å². The quantitative estimate of drug-likeness (QED) is 0.359. The molecule has 1 aromatic rings. The molecule has 144 valence electrons. The van der Waals surface area contributed by atoms with Gasteiger partial charge in [-0.05, 0) is 30.2 Å². The predicted octanol–water partition coefficient (Wildman–Crippen LogP) is 3.57. The Morgan fingerprint density at radius 3 is 2.50 bits per heavy atom. The van der Waals surface area contributed by atoms with E-state index in [2.05, 4.69) is 0 Å². The third-order valence-corrected chi connectivity index (χ3v) is 4.48. The standard InChI is InChI=1S/C16H20F2N2O5S/c1-9(2)5-6-26-13-4-3-10(7-12(13)20(24)25)15(21)19-11(16(22)23)8-14(17)18/h3-4,7,9,11,14H,5-6,8H2,1-2H3,(H,19,21)(H,22,23). The summed E-state index contributed by atoms with van der Waals surface area (Å²) in [5.74, 6) is -1.46. The number of alkyl halides is 2. The van der Waals surface area contributed by atoms with Crippen molar-refractivity contribution in [2.24, 2.45) is 5.92 Å². The minimum absolute atomic E-state index is 0.162. The number of carbonyl (C=O) groups excluding carboxylic acids is 1. The Kier molecular flexibility index (Phi) is 8.43. The smallest absolute Gasteiger partial charge is 0.326 e. The third kappa shape index (κ3) is 6.95. The second-order valence-corrected chi connectivity index (χ2v) is 7.10. The maximum atomic E-state index is 12.4. The van der Waals surface area contributed by atoms with Crippen LogP contribution in [0.5, 0.6) is 0 Å². The van der Waals surface area contributed by atoms with E-state index >= 15 is 0 Å². The van der Waals surface area contributed by atoms with Crippen molar-refractivity contribution in [1.82, 2.24) is 5.32 Å². The Morgan fingerprint density at radius 1 is 1.35 bits per heavy atom. The number of nitro groups is 1. The van der Waals surface area contributed by atoms with Crippen molar-refractivity contribution in [2.45, 2.75) is 44.1 Å². The van der Waals surface area contributed by atoms with Crippen LogP contribution in [0.4, 0.5) is 14.5 Å². The Labute approximate surface area is 153 Å². The lowest BCUT2D eigenvalue weighted by molar-refractivity contribution is -0.387. The number of hydrogen-bond acceptors (Lipinski definition) is 5. The van der Waals surface area contributed by atoms with Gasteiger partial charge in [0, 0.05) is 18.1 Å². The average molecular weight is 390 g/mol. The molecule has 1 rings (SSSR count). The number of nitrogens with zero attached hydrogens (tertiary/aromatic N) is 1. The van der Waals surface area contributed by atoms with Gasteiger partial charge in [0.2, 0.25) is 6.43 Å². The van der Waals surface area contributed by atoms with Gasteiger partial charge < -0.3 is 10.4 Å². The molecule has 0 aliphatic heterocycles. The number of nitrogens with one attached hydrogen (secondary N) is 1. The lowest BCUT2D eigenvalue weighted by atomic mass is 10.1. The molecule has 26 heavy (non-hydrogen) atoms. The normalized spacial score (nSPS) is 12.2. The van der Waals surface area contributed by atoms with E-state index in [0.29, 0.717) is 16.6 Å². The molecule has 2 N–H and O–H groups in total. The Balaban J connectivity index is 2.95. The zero-order valence-corrected chi connectivity index (χ0v) is 15.1. The summed E-state index contributed by atoms with van der Waals surface area (Å²) in [5.41, 5.74) is -0.447. The van der Waals surface area contributed by atoms with Crippen LogP contribution in [-0.4, -0.2) is 40.1 Å². The monoisotopic (exact) mass is 390 g/mol. The van der Waals surface area contributed by atoms with Crippen molar-refractivity contribution >= 4 is 29.3 Å². The minimum atomic E-state index is -2.91. The maximum absolute atomic E-state index is 12.4. The molecule has 0 aliphatic rings. The molecule has 0 heterocycles. The van der Waals surface area contributed by atoms with Crippen molar-refractivity contribution in [3.63, 3.8) is 0 Å². The van der Waals surface area contributed by atoms with Gasteiger partial charge in [0.1, 0.15) is 6.04 Å². The van der Waals surface area contributed by atoms with Crippen LogP contribution in [0, 0.1) is 16.0 Å². The van der Waals surface area contributed by atoms with Crippen LogP contribution >= 0.6 is 11.8 Å². The van der Waals surface area contributed by atoms with Crippen molar-refractivity contribution in [2.75, 3.05) is 5.75 Å². The highest BCUT2D eigenvalue weighted by atomic mass is 32.2. The van der Waals surface area contributed by atoms with Crippen LogP contribution in [0.1, 0.15) is 37.0 Å². The third-order valence-electron chi connectivity index (χ3n) is 3.39. The van der Waals surface area contributed by atoms with Crippen LogP contribution in [0.25, 0.3) is 0 Å². The van der Waals surface area contributed by atoms with Crippen LogP contribution in [0.15, 0.2) is 23.1 Å². The number of aliphatic carboxylic acids is 1. The van der Waals surface area contributed by atoms with E-state index in [1.165, 1.54) is 23.9 Å². The summed E-state index contributed by atoms with van der Waals surface area (Å²) in [5, 5.41) is 22.1. The van der Waals surface area contributed by atoms with E-state index < -0.39 is 35.7 Å². The molecule has 0 aliphatic carbocycles. The van der Waals surface area contributed by atoms with Gasteiger partial charge in [-0.2, -0.15) is 0 Å². The zero-order chi connectivity index (χ0) is 19.9. The number of amides is 1. The van der Waals surface area contributed by atoms with E-state index in [4.69, 9.17) is 5.11 Å². The highest BCUT2D eigenvalue weighted by Gasteiger charge is 2.26. The van der Waals surface area contributed by atoms with Gasteiger partial charge in [0.05, 0.1) is 9.82 Å². The minimum Gasteiger partial charge on any atom is -0.480 e. The van der Waals surface area contributed by atoms with Gasteiger partial charge in [0.15, 0.2) is 0 Å². The van der Waals surface area contributed by atoms with Crippen LogP contribution in [0.3, 0.4) is 0 Å². The second kappa shape index (κ2) is 10.0. The van der Waals surface area contributed by atoms with Gasteiger partial charge in [0.25, 0.3) is 11.6 Å². The predicted molar refractivity (Wildman–Crippen MR) is 92.8 cm³/mol. The van der Waals surface area contributed by atoms with Gasteiger partial charge in [-0.25, -0.2) is 13.6 Å². The molecule has 1 atom stereocenters. The molecule has 0 saturated carbocycles. The fourth-order valence-electron chi connectivity index (χ4n) is 1.97. The van der Waals surface area contributed by atoms with Crippen molar-refractivity contribution in [3.8, 4) is 0 Å². The molecule has 10 heteroatoms. The van der Waals surface area contributed by atoms with E-state index in [-0.39, 0.29) is 11.3 Å². The number of rotatable bonds is 10. The van der Waals surface area contributed by atoms with Gasteiger partial charge in [-0.3, -0.25) is 14.9 Å². The summed E-state index contributed by atoms with van der Waals surface area (Å²) >= 11 is 1.28. The summed E-state index contributed by atoms with van der Waals surface area (Å²) < 4.78 is 24.8. The van der Waals surface area contributed by atoms with Crippen LogP contribution in [-0.2, 0) is 4.79 Å². The molecule has 7 nitrogen and oxygen atoms in total. The molecule has 0 bridgehead atoms. The topological polar surface area (TPSA) is 110 Å². The number of halogens is 2. The molecule has 0 spiro atoms. The molecule has 1 aromatic carbocycles. The fourth-order valence-corrected chi connectivity index (χ4v) is 3.22. The first-order valence-electron chi connectivity index (χ1n) is 7.84. The number of carboxylic acid groups (broad SMARTS) is 1. The van der Waals surface area contributed by atoms with Crippen LogP contribution in [0.2, 0.25) is 0 Å². The maximum Gasteiger partial charge on any atom is 0.326 e. The largest absolute Gasteiger partial charge is 0.480 e. The number of benzene rings is 1. The summed E-state index contributed by atoms with van der Waals surface area (Å²) in [6.45, 7) is 4.06. The van der Waals surface area contributed by atoms with Crippen molar-refractivity contribution in [3.05, 3.63) is 33.9 Å². The molecule has 0 aromatic heterocycles. The lowest BCUT2D eigenvalue weighted by Gasteiger charge is -2.14. The van der Waals surface area contributed by atoms with E-state index in [9.17, 15) is 28.5 Å². The molecule has 1 amide bonds. The van der Waals surface area contributed by atoms with Crippen molar-refractivity contribution in [1.29, 1.82) is 0 Å². The first kappa shape index (κ1) is 21.8. The second-order valence-electron chi connectivity index (χ2n) is 5.96. The average Bonchev–Trinajstić information content (AvgIpc) is 2.53. The number of carbonyl (C=O) groups is 2. The molecular weight excluding hydrogens is 370 g/mol. The summed E-state index contributed by atoms with van der Waals surface area (Å²) in [6.07, 6.45) is -3.10. The first-order chi connectivity index (χ1) is 12.1. The first-order valence-corrected chi connectivity index (χ1v) is 8.83. The van der Waals surface area contributed by atoms with E-state index in [0.717, 1.165) is 12.5 Å². The van der Waals surface area contributed by atoms with Gasteiger partial charge in [-0.1, -0.05) is 13.8 Å².